The number of carbonyl (C=O) groups is 2. The molecule has 2 aliphatic rings. The van der Waals surface area contributed by atoms with Gasteiger partial charge in [-0.1, -0.05) is 168 Å². The molecule has 15 heteroatoms. The van der Waals surface area contributed by atoms with Crippen molar-refractivity contribution in [2.45, 2.75) is 261 Å². The second-order valence-electron chi connectivity index (χ2n) is 17.7. The zero-order chi connectivity index (χ0) is 45.4. The highest BCUT2D eigenvalue weighted by atomic mass is 16.7. The second-order valence-corrected chi connectivity index (χ2v) is 17.7. The molecule has 62 heavy (non-hydrogen) atoms. The summed E-state index contributed by atoms with van der Waals surface area (Å²) >= 11 is 0. The van der Waals surface area contributed by atoms with E-state index in [0.717, 1.165) is 38.5 Å². The van der Waals surface area contributed by atoms with Gasteiger partial charge < -0.3 is 64.2 Å². The summed E-state index contributed by atoms with van der Waals surface area (Å²) in [5.41, 5.74) is 0. The van der Waals surface area contributed by atoms with Gasteiger partial charge in [0.15, 0.2) is 12.6 Å². The van der Waals surface area contributed by atoms with E-state index in [-0.39, 0.29) is 19.4 Å². The van der Waals surface area contributed by atoms with Crippen LogP contribution in [0.15, 0.2) is 0 Å². The summed E-state index contributed by atoms with van der Waals surface area (Å²) in [5.74, 6) is -0.951. The van der Waals surface area contributed by atoms with E-state index >= 15 is 0 Å². The number of aliphatic hydroxyl groups is 7. The molecule has 2 rings (SSSR count). The third kappa shape index (κ3) is 24.1. The van der Waals surface area contributed by atoms with Crippen molar-refractivity contribution in [3.8, 4) is 0 Å². The van der Waals surface area contributed by atoms with Crippen LogP contribution in [0.2, 0.25) is 0 Å². The van der Waals surface area contributed by atoms with E-state index in [1.165, 1.54) is 116 Å². The summed E-state index contributed by atoms with van der Waals surface area (Å²) in [7, 11) is 0. The van der Waals surface area contributed by atoms with Gasteiger partial charge in [-0.2, -0.15) is 0 Å². The van der Waals surface area contributed by atoms with Crippen molar-refractivity contribution in [1.82, 2.24) is 0 Å². The van der Waals surface area contributed by atoms with Crippen LogP contribution in [0.25, 0.3) is 0 Å². The Labute approximate surface area is 372 Å². The molecule has 0 radical (unpaired) electrons. The van der Waals surface area contributed by atoms with Gasteiger partial charge in [-0.05, 0) is 12.8 Å². The zero-order valence-corrected chi connectivity index (χ0v) is 38.4. The molecule has 2 fully saturated rings. The maximum absolute atomic E-state index is 12.7. The van der Waals surface area contributed by atoms with Crippen molar-refractivity contribution in [1.29, 1.82) is 0 Å². The van der Waals surface area contributed by atoms with Gasteiger partial charge in [0.25, 0.3) is 0 Å². The number of esters is 2. The summed E-state index contributed by atoms with van der Waals surface area (Å²) in [4.78, 5) is 25.0. The summed E-state index contributed by atoms with van der Waals surface area (Å²) in [6.07, 6.45) is 13.5. The van der Waals surface area contributed by atoms with Crippen molar-refractivity contribution in [2.75, 3.05) is 26.4 Å². The van der Waals surface area contributed by atoms with Crippen LogP contribution in [-0.2, 0) is 38.0 Å². The molecule has 2 heterocycles. The van der Waals surface area contributed by atoms with E-state index in [1.807, 2.05) is 0 Å². The first-order valence-electron chi connectivity index (χ1n) is 24.6. The largest absolute Gasteiger partial charge is 0.463 e. The minimum Gasteiger partial charge on any atom is -0.463 e. The Morgan fingerprint density at radius 1 is 0.484 bits per heavy atom. The third-order valence-electron chi connectivity index (χ3n) is 12.0. The van der Waals surface area contributed by atoms with Crippen molar-refractivity contribution >= 4 is 11.9 Å². The highest BCUT2D eigenvalue weighted by molar-refractivity contribution is 5.69. The molecule has 0 aromatic heterocycles. The molecule has 0 aliphatic carbocycles. The third-order valence-corrected chi connectivity index (χ3v) is 12.0. The van der Waals surface area contributed by atoms with E-state index in [1.54, 1.807) is 0 Å². The van der Waals surface area contributed by atoms with E-state index in [2.05, 4.69) is 13.8 Å². The van der Waals surface area contributed by atoms with Gasteiger partial charge in [0, 0.05) is 12.8 Å². The number of hydrogen-bond acceptors (Lipinski definition) is 15. The molecule has 0 amide bonds. The lowest BCUT2D eigenvalue weighted by molar-refractivity contribution is -0.361. The molecule has 11 atom stereocenters. The number of unbranched alkanes of at least 4 members (excludes halogenated alkanes) is 24. The monoisotopic (exact) mass is 893 g/mol. The van der Waals surface area contributed by atoms with Gasteiger partial charge in [-0.25, -0.2) is 0 Å². The Bertz CT molecular complexity index is 1100. The van der Waals surface area contributed by atoms with Crippen LogP contribution in [0.4, 0.5) is 0 Å². The molecule has 0 spiro atoms. The number of aliphatic hydroxyl groups excluding tert-OH is 7. The molecule has 11 unspecified atom stereocenters. The van der Waals surface area contributed by atoms with Crippen LogP contribution < -0.4 is 0 Å². The first-order chi connectivity index (χ1) is 30.0. The Balaban J connectivity index is 1.78. The number of rotatable bonds is 38. The van der Waals surface area contributed by atoms with Gasteiger partial charge in [0.2, 0.25) is 0 Å². The Kier molecular flexibility index (Phi) is 32.6. The van der Waals surface area contributed by atoms with Crippen molar-refractivity contribution in [3.05, 3.63) is 0 Å². The predicted molar refractivity (Wildman–Crippen MR) is 234 cm³/mol. The summed E-state index contributed by atoms with van der Waals surface area (Å²) in [5, 5.41) is 73.7. The molecule has 7 N–H and O–H groups in total. The molecule has 0 bridgehead atoms. The number of carbonyl (C=O) groups excluding carboxylic acids is 2. The van der Waals surface area contributed by atoms with Gasteiger partial charge >= 0.3 is 11.9 Å². The Morgan fingerprint density at radius 3 is 1.35 bits per heavy atom. The highest BCUT2D eigenvalue weighted by Gasteiger charge is 2.51. The quantitative estimate of drug-likeness (QED) is 0.0277. The lowest BCUT2D eigenvalue weighted by Gasteiger charge is -2.46. The number of ether oxygens (including phenoxy) is 6. The predicted octanol–water partition coefficient (Wildman–Crippen LogP) is 6.04. The van der Waals surface area contributed by atoms with Gasteiger partial charge in [-0.15, -0.1) is 0 Å². The van der Waals surface area contributed by atoms with Crippen LogP contribution in [0.5, 0.6) is 0 Å². The Morgan fingerprint density at radius 2 is 0.903 bits per heavy atom. The molecule has 15 nitrogen and oxygen atoms in total. The lowest BCUT2D eigenvalue weighted by atomic mass is 9.97. The normalized spacial score (nSPS) is 27.0. The average Bonchev–Trinajstić information content (AvgIpc) is 3.26. The molecule has 2 aliphatic heterocycles. The van der Waals surface area contributed by atoms with E-state index in [4.69, 9.17) is 28.4 Å². The van der Waals surface area contributed by atoms with E-state index < -0.39 is 99.3 Å². The van der Waals surface area contributed by atoms with E-state index in [9.17, 15) is 45.3 Å². The van der Waals surface area contributed by atoms with Crippen LogP contribution in [-0.4, -0.2) is 142 Å². The minimum atomic E-state index is -1.83. The summed E-state index contributed by atoms with van der Waals surface area (Å²) in [6.45, 7) is 2.46. The van der Waals surface area contributed by atoms with E-state index in [0.29, 0.717) is 12.8 Å². The molecular formula is C47H88O15. The molecule has 0 aromatic carbocycles. The smallest absolute Gasteiger partial charge is 0.305 e. The summed E-state index contributed by atoms with van der Waals surface area (Å²) < 4.78 is 33.3. The van der Waals surface area contributed by atoms with Crippen molar-refractivity contribution < 1.29 is 73.8 Å². The standard InChI is InChI=1S/C47H88O15/c1-3-5-7-9-11-13-15-17-19-21-23-25-27-29-38(50)57-32-35(49)33-59-46-44(56)45(62-47-43(55)42(54)40(52)36(31-48)60-47)41(53)37(61-46)34-58-39(51)30-28-26-24-22-20-18-16-14-12-10-8-6-4-2/h35-37,40-49,52-56H,3-34H2,1-2H3. The Hall–Kier alpha value is -1.50. The van der Waals surface area contributed by atoms with Gasteiger partial charge in [0.1, 0.15) is 68.1 Å². The first kappa shape index (κ1) is 56.6. The van der Waals surface area contributed by atoms with Crippen molar-refractivity contribution in [3.63, 3.8) is 0 Å². The van der Waals surface area contributed by atoms with Crippen LogP contribution in [0.3, 0.4) is 0 Å². The molecular weight excluding hydrogens is 805 g/mol. The highest BCUT2D eigenvalue weighted by Crippen LogP contribution is 2.30. The molecule has 2 saturated heterocycles. The molecule has 366 valence electrons. The molecule has 0 aromatic rings. The van der Waals surface area contributed by atoms with Gasteiger partial charge in [0.05, 0.1) is 13.2 Å². The second kappa shape index (κ2) is 35.7. The topological polar surface area (TPSA) is 231 Å². The van der Waals surface area contributed by atoms with Crippen LogP contribution >= 0.6 is 0 Å². The van der Waals surface area contributed by atoms with Gasteiger partial charge in [-0.3, -0.25) is 9.59 Å². The lowest BCUT2D eigenvalue weighted by Crippen LogP contribution is -2.65. The fourth-order valence-corrected chi connectivity index (χ4v) is 8.01. The minimum absolute atomic E-state index is 0.165. The van der Waals surface area contributed by atoms with Crippen LogP contribution in [0.1, 0.15) is 194 Å². The fraction of sp³-hybridized carbons (Fsp3) is 0.957. The molecule has 0 saturated carbocycles. The maximum Gasteiger partial charge on any atom is 0.305 e. The SMILES string of the molecule is CCCCCCCCCCCCCCCC(=O)OCC(O)COC1OC(COC(=O)CCCCCCCCCCCCCCC)C(O)C(OC2OC(CO)C(O)C(O)C2O)C1O. The van der Waals surface area contributed by atoms with Crippen molar-refractivity contribution in [2.24, 2.45) is 0 Å². The zero-order valence-electron chi connectivity index (χ0n) is 38.4. The number of hydrogen-bond donors (Lipinski definition) is 7. The average molecular weight is 893 g/mol. The first-order valence-corrected chi connectivity index (χ1v) is 24.6. The maximum atomic E-state index is 12.7. The fourth-order valence-electron chi connectivity index (χ4n) is 8.01. The van der Waals surface area contributed by atoms with Crippen LogP contribution in [0, 0.1) is 0 Å². The summed E-state index contributed by atoms with van der Waals surface area (Å²) in [6, 6.07) is 0.